The van der Waals surface area contributed by atoms with Crippen LogP contribution in [0.5, 0.6) is 0 Å². The zero-order valence-electron chi connectivity index (χ0n) is 13.8. The van der Waals surface area contributed by atoms with Crippen LogP contribution in [0, 0.1) is 12.8 Å². The number of pyridine rings is 1. The van der Waals surface area contributed by atoms with Crippen molar-refractivity contribution in [3.05, 3.63) is 29.6 Å². The van der Waals surface area contributed by atoms with Crippen molar-refractivity contribution in [1.82, 2.24) is 10.3 Å². The second-order valence-electron chi connectivity index (χ2n) is 6.27. The average Bonchev–Trinajstić information content (AvgIpc) is 2.44. The van der Waals surface area contributed by atoms with Crippen LogP contribution < -0.4 is 5.32 Å². The molecule has 3 heteroatoms. The van der Waals surface area contributed by atoms with E-state index >= 15 is 0 Å². The maximum absolute atomic E-state index is 5.68. The van der Waals surface area contributed by atoms with Crippen LogP contribution >= 0.6 is 0 Å². The topological polar surface area (TPSA) is 34.2 Å². The van der Waals surface area contributed by atoms with Gasteiger partial charge in [0.05, 0.1) is 6.10 Å². The van der Waals surface area contributed by atoms with Crippen LogP contribution in [0.2, 0.25) is 0 Å². The molecule has 0 bridgehead atoms. The van der Waals surface area contributed by atoms with Gasteiger partial charge in [-0.05, 0) is 63.6 Å². The van der Waals surface area contributed by atoms with Crippen LogP contribution in [-0.4, -0.2) is 30.3 Å². The number of hydrogen-bond acceptors (Lipinski definition) is 3. The second kappa shape index (κ2) is 8.50. The lowest BCUT2D eigenvalue weighted by Gasteiger charge is -2.37. The summed E-state index contributed by atoms with van der Waals surface area (Å²) in [5.74, 6) is 0.819. The highest BCUT2D eigenvalue weighted by Gasteiger charge is 2.31. The molecule has 21 heavy (non-hydrogen) atoms. The molecule has 0 saturated heterocycles. The summed E-state index contributed by atoms with van der Waals surface area (Å²) in [4.78, 5) is 4.56. The lowest BCUT2D eigenvalue weighted by atomic mass is 9.77. The van der Waals surface area contributed by atoms with Gasteiger partial charge < -0.3 is 10.1 Å². The van der Waals surface area contributed by atoms with Gasteiger partial charge in [0, 0.05) is 31.0 Å². The Morgan fingerprint density at radius 3 is 2.86 bits per heavy atom. The van der Waals surface area contributed by atoms with E-state index < -0.39 is 0 Å². The van der Waals surface area contributed by atoms with Crippen molar-refractivity contribution >= 4 is 0 Å². The number of aromatic nitrogens is 1. The fourth-order valence-electron chi connectivity index (χ4n) is 3.19. The summed E-state index contributed by atoms with van der Waals surface area (Å²) in [6.07, 6.45) is 8.38. The smallest absolute Gasteiger partial charge is 0.0580 e. The Labute approximate surface area is 129 Å². The van der Waals surface area contributed by atoms with Crippen molar-refractivity contribution in [2.24, 2.45) is 5.92 Å². The molecule has 1 atom stereocenters. The van der Waals surface area contributed by atoms with Gasteiger partial charge in [-0.25, -0.2) is 0 Å². The molecular weight excluding hydrogens is 260 g/mol. The summed E-state index contributed by atoms with van der Waals surface area (Å²) in [6.45, 7) is 8.42. The number of nitrogens with one attached hydrogen (secondary N) is 1. The van der Waals surface area contributed by atoms with Gasteiger partial charge in [0.2, 0.25) is 0 Å². The van der Waals surface area contributed by atoms with Crippen molar-refractivity contribution in [1.29, 1.82) is 0 Å². The first-order valence-electron chi connectivity index (χ1n) is 8.48. The standard InChI is InChI=1S/C18H30N2O/c1-4-8-19-16(10-15-11-17(12-15)21-5-2)13-18-14(3)7-6-9-20-18/h6-7,9,15-17,19H,4-5,8,10-13H2,1-3H3. The number of ether oxygens (including phenoxy) is 1. The van der Waals surface area contributed by atoms with Gasteiger partial charge in [-0.3, -0.25) is 4.98 Å². The first kappa shape index (κ1) is 16.4. The van der Waals surface area contributed by atoms with Crippen molar-refractivity contribution in [2.75, 3.05) is 13.2 Å². The Bertz CT molecular complexity index is 415. The van der Waals surface area contributed by atoms with E-state index in [9.17, 15) is 0 Å². The van der Waals surface area contributed by atoms with Gasteiger partial charge in [-0.1, -0.05) is 13.0 Å². The molecular formula is C18H30N2O. The molecule has 0 aromatic carbocycles. The largest absolute Gasteiger partial charge is 0.378 e. The van der Waals surface area contributed by atoms with E-state index in [4.69, 9.17) is 4.74 Å². The molecule has 0 radical (unpaired) electrons. The van der Waals surface area contributed by atoms with E-state index in [2.05, 4.69) is 37.1 Å². The first-order chi connectivity index (χ1) is 10.2. The molecule has 0 amide bonds. The number of nitrogens with zero attached hydrogens (tertiary/aromatic N) is 1. The summed E-state index contributed by atoms with van der Waals surface area (Å²) < 4.78 is 5.68. The third-order valence-electron chi connectivity index (χ3n) is 4.45. The SMILES string of the molecule is CCCNC(Cc1ncccc1C)CC1CC(OCC)C1. The Morgan fingerprint density at radius 1 is 1.38 bits per heavy atom. The van der Waals surface area contributed by atoms with E-state index in [0.29, 0.717) is 12.1 Å². The third-order valence-corrected chi connectivity index (χ3v) is 4.45. The molecule has 2 rings (SSSR count). The molecule has 3 nitrogen and oxygen atoms in total. The Hall–Kier alpha value is -0.930. The monoisotopic (exact) mass is 290 g/mol. The van der Waals surface area contributed by atoms with Crippen LogP contribution in [-0.2, 0) is 11.2 Å². The molecule has 1 aliphatic rings. The molecule has 118 valence electrons. The van der Waals surface area contributed by atoms with Crippen LogP contribution in [0.3, 0.4) is 0 Å². The molecule has 1 aromatic heterocycles. The van der Waals surface area contributed by atoms with Gasteiger partial charge in [0.15, 0.2) is 0 Å². The van der Waals surface area contributed by atoms with Gasteiger partial charge in [-0.2, -0.15) is 0 Å². The number of aryl methyl sites for hydroxylation is 1. The summed E-state index contributed by atoms with van der Waals surface area (Å²) in [7, 11) is 0. The Balaban J connectivity index is 1.85. The molecule has 1 saturated carbocycles. The molecule has 0 aliphatic heterocycles. The summed E-state index contributed by atoms with van der Waals surface area (Å²) in [5.41, 5.74) is 2.55. The molecule has 1 heterocycles. The van der Waals surface area contributed by atoms with Crippen LogP contribution in [0.15, 0.2) is 18.3 Å². The summed E-state index contributed by atoms with van der Waals surface area (Å²) in [5, 5.41) is 3.71. The van der Waals surface area contributed by atoms with E-state index in [1.165, 1.54) is 36.9 Å². The maximum atomic E-state index is 5.68. The predicted octanol–water partition coefficient (Wildman–Crippen LogP) is 3.51. The zero-order valence-corrected chi connectivity index (χ0v) is 13.8. The fourth-order valence-corrected chi connectivity index (χ4v) is 3.19. The third kappa shape index (κ3) is 5.08. The minimum atomic E-state index is 0.517. The minimum Gasteiger partial charge on any atom is -0.378 e. The Morgan fingerprint density at radius 2 is 2.19 bits per heavy atom. The highest BCUT2D eigenvalue weighted by atomic mass is 16.5. The summed E-state index contributed by atoms with van der Waals surface area (Å²) in [6, 6.07) is 4.73. The number of hydrogen-bond donors (Lipinski definition) is 1. The van der Waals surface area contributed by atoms with Crippen LogP contribution in [0.25, 0.3) is 0 Å². The average molecular weight is 290 g/mol. The lowest BCUT2D eigenvalue weighted by Crippen LogP contribution is -2.39. The van der Waals surface area contributed by atoms with E-state index in [0.717, 1.165) is 25.5 Å². The molecule has 1 N–H and O–H groups in total. The van der Waals surface area contributed by atoms with E-state index in [1.807, 2.05) is 12.3 Å². The molecule has 1 unspecified atom stereocenters. The Kier molecular flexibility index (Phi) is 6.65. The van der Waals surface area contributed by atoms with Gasteiger partial charge >= 0.3 is 0 Å². The molecule has 0 spiro atoms. The summed E-state index contributed by atoms with van der Waals surface area (Å²) >= 11 is 0. The number of rotatable bonds is 9. The minimum absolute atomic E-state index is 0.517. The van der Waals surface area contributed by atoms with Gasteiger partial charge in [-0.15, -0.1) is 0 Å². The quantitative estimate of drug-likeness (QED) is 0.756. The van der Waals surface area contributed by atoms with E-state index in [1.54, 1.807) is 0 Å². The van der Waals surface area contributed by atoms with E-state index in [-0.39, 0.29) is 0 Å². The molecule has 1 aliphatic carbocycles. The van der Waals surface area contributed by atoms with Crippen molar-refractivity contribution < 1.29 is 4.74 Å². The predicted molar refractivity (Wildman–Crippen MR) is 87.5 cm³/mol. The van der Waals surface area contributed by atoms with Crippen LogP contribution in [0.4, 0.5) is 0 Å². The highest BCUT2D eigenvalue weighted by molar-refractivity contribution is 5.18. The second-order valence-corrected chi connectivity index (χ2v) is 6.27. The maximum Gasteiger partial charge on any atom is 0.0580 e. The zero-order chi connectivity index (χ0) is 15.1. The first-order valence-corrected chi connectivity index (χ1v) is 8.48. The highest BCUT2D eigenvalue weighted by Crippen LogP contribution is 2.34. The van der Waals surface area contributed by atoms with Crippen molar-refractivity contribution in [3.63, 3.8) is 0 Å². The fraction of sp³-hybridized carbons (Fsp3) is 0.722. The van der Waals surface area contributed by atoms with Crippen molar-refractivity contribution in [2.45, 2.75) is 65.0 Å². The van der Waals surface area contributed by atoms with Gasteiger partial charge in [0.1, 0.15) is 0 Å². The molecule has 1 fully saturated rings. The molecule has 1 aromatic rings. The lowest BCUT2D eigenvalue weighted by molar-refractivity contribution is -0.0290. The van der Waals surface area contributed by atoms with Crippen LogP contribution in [0.1, 0.15) is 50.8 Å². The normalized spacial score (nSPS) is 22.8. The van der Waals surface area contributed by atoms with Crippen molar-refractivity contribution in [3.8, 4) is 0 Å². The van der Waals surface area contributed by atoms with Gasteiger partial charge in [0.25, 0.3) is 0 Å².